The monoisotopic (exact) mass is 411 g/mol. The number of hydrogen-bond donors (Lipinski definition) is 1. The summed E-state index contributed by atoms with van der Waals surface area (Å²) in [5.41, 5.74) is 4.44. The second kappa shape index (κ2) is 7.88. The van der Waals surface area contributed by atoms with E-state index < -0.39 is 0 Å². The molecule has 0 spiro atoms. The van der Waals surface area contributed by atoms with Crippen LogP contribution < -0.4 is 5.32 Å². The van der Waals surface area contributed by atoms with Crippen LogP contribution in [0.2, 0.25) is 0 Å². The Morgan fingerprint density at radius 3 is 2.50 bits per heavy atom. The molecule has 0 aliphatic heterocycles. The molecule has 0 unspecified atom stereocenters. The van der Waals surface area contributed by atoms with Crippen LogP contribution in [0.25, 0.3) is 20.8 Å². The lowest BCUT2D eigenvalue weighted by Gasteiger charge is -2.07. The largest absolute Gasteiger partial charge is 0.322 e. The van der Waals surface area contributed by atoms with Crippen molar-refractivity contribution in [2.45, 2.75) is 6.54 Å². The maximum absolute atomic E-state index is 12.6. The smallest absolute Gasteiger partial charge is 0.255 e. The fraction of sp³-hybridized carbons (Fsp3) is 0.0435. The molecule has 0 saturated heterocycles. The van der Waals surface area contributed by atoms with E-state index in [4.69, 9.17) is 0 Å². The number of carbonyl (C=O) groups is 1. The molecule has 0 saturated carbocycles. The second-order valence-electron chi connectivity index (χ2n) is 6.81. The van der Waals surface area contributed by atoms with E-state index in [-0.39, 0.29) is 5.91 Å². The van der Waals surface area contributed by atoms with Gasteiger partial charge in [0.1, 0.15) is 17.7 Å². The molecule has 5 rings (SSSR count). The average molecular weight is 411 g/mol. The first-order valence-corrected chi connectivity index (χ1v) is 10.2. The van der Waals surface area contributed by atoms with E-state index in [1.54, 1.807) is 22.3 Å². The number of hydrogen-bond acceptors (Lipinski definition) is 5. The minimum absolute atomic E-state index is 0.143. The van der Waals surface area contributed by atoms with Crippen molar-refractivity contribution in [2.24, 2.45) is 0 Å². The highest BCUT2D eigenvalue weighted by atomic mass is 32.1. The summed E-state index contributed by atoms with van der Waals surface area (Å²) in [5.74, 6) is -0.143. The van der Waals surface area contributed by atoms with Gasteiger partial charge in [0.2, 0.25) is 0 Å². The van der Waals surface area contributed by atoms with Crippen LogP contribution in [0.3, 0.4) is 0 Å². The highest BCUT2D eigenvalue weighted by Gasteiger charge is 2.09. The Kier molecular flexibility index (Phi) is 4.78. The molecule has 2 heterocycles. The third-order valence-electron chi connectivity index (χ3n) is 4.71. The number of fused-ring (bicyclic) bond motifs is 1. The van der Waals surface area contributed by atoms with Gasteiger partial charge in [-0.2, -0.15) is 5.10 Å². The number of aromatic nitrogens is 4. The third kappa shape index (κ3) is 3.83. The van der Waals surface area contributed by atoms with Gasteiger partial charge in [0, 0.05) is 16.8 Å². The van der Waals surface area contributed by atoms with Gasteiger partial charge in [-0.3, -0.25) is 4.79 Å². The SMILES string of the molecule is O=C(Nc1ccc(-c2nc3ccccc3s2)cc1)c1ccc(Cn2cncn2)cc1. The summed E-state index contributed by atoms with van der Waals surface area (Å²) < 4.78 is 2.90. The van der Waals surface area contributed by atoms with Crippen LogP contribution in [-0.4, -0.2) is 25.7 Å². The molecule has 0 aliphatic carbocycles. The number of anilines is 1. The lowest BCUT2D eigenvalue weighted by atomic mass is 10.1. The van der Waals surface area contributed by atoms with Crippen molar-refractivity contribution in [1.29, 1.82) is 0 Å². The third-order valence-corrected chi connectivity index (χ3v) is 5.80. The molecule has 5 aromatic rings. The highest BCUT2D eigenvalue weighted by Crippen LogP contribution is 2.30. The molecule has 1 amide bonds. The van der Waals surface area contributed by atoms with Crippen LogP contribution in [-0.2, 0) is 6.54 Å². The van der Waals surface area contributed by atoms with Gasteiger partial charge in [-0.1, -0.05) is 24.3 Å². The molecule has 0 atom stereocenters. The first-order valence-electron chi connectivity index (χ1n) is 9.43. The molecular weight excluding hydrogens is 394 g/mol. The first-order chi connectivity index (χ1) is 14.7. The van der Waals surface area contributed by atoms with Crippen molar-refractivity contribution < 1.29 is 4.79 Å². The molecule has 0 radical (unpaired) electrons. The number of carbonyl (C=O) groups excluding carboxylic acids is 1. The van der Waals surface area contributed by atoms with Gasteiger partial charge in [0.15, 0.2) is 0 Å². The molecule has 3 aromatic carbocycles. The normalized spacial score (nSPS) is 10.9. The standard InChI is InChI=1S/C23H17N5OS/c29-22(17-7-5-16(6-8-17)13-28-15-24-14-25-28)26-19-11-9-18(10-12-19)23-27-20-3-1-2-4-21(20)30-23/h1-12,14-15H,13H2,(H,26,29). The van der Waals surface area contributed by atoms with E-state index in [9.17, 15) is 4.79 Å². The van der Waals surface area contributed by atoms with Gasteiger partial charge in [0.05, 0.1) is 16.8 Å². The van der Waals surface area contributed by atoms with E-state index in [1.165, 1.54) is 6.33 Å². The Labute approximate surface area is 176 Å². The van der Waals surface area contributed by atoms with Crippen LogP contribution in [0.15, 0.2) is 85.5 Å². The predicted octanol–water partition coefficient (Wildman–Crippen LogP) is 4.86. The van der Waals surface area contributed by atoms with Crippen molar-refractivity contribution in [2.75, 3.05) is 5.32 Å². The van der Waals surface area contributed by atoms with E-state index >= 15 is 0 Å². The van der Waals surface area contributed by atoms with Gasteiger partial charge in [-0.15, -0.1) is 11.3 Å². The molecule has 0 bridgehead atoms. The topological polar surface area (TPSA) is 72.7 Å². The first kappa shape index (κ1) is 18.2. The summed E-state index contributed by atoms with van der Waals surface area (Å²) in [6.07, 6.45) is 3.17. The molecule has 7 heteroatoms. The van der Waals surface area contributed by atoms with Crippen LogP contribution in [0, 0.1) is 0 Å². The zero-order valence-electron chi connectivity index (χ0n) is 15.9. The van der Waals surface area contributed by atoms with E-state index in [0.717, 1.165) is 32.0 Å². The van der Waals surface area contributed by atoms with Gasteiger partial charge in [0.25, 0.3) is 5.91 Å². The summed E-state index contributed by atoms with van der Waals surface area (Å²) in [6, 6.07) is 23.3. The molecule has 30 heavy (non-hydrogen) atoms. The maximum atomic E-state index is 12.6. The van der Waals surface area contributed by atoms with Crippen molar-refractivity contribution in [3.05, 3.63) is 96.6 Å². The number of thiazole rings is 1. The van der Waals surface area contributed by atoms with Crippen molar-refractivity contribution >= 4 is 33.1 Å². The summed E-state index contributed by atoms with van der Waals surface area (Å²) in [6.45, 7) is 0.620. The van der Waals surface area contributed by atoms with Gasteiger partial charge >= 0.3 is 0 Å². The summed E-state index contributed by atoms with van der Waals surface area (Å²) in [7, 11) is 0. The van der Waals surface area contributed by atoms with Gasteiger partial charge < -0.3 is 5.32 Å². The minimum Gasteiger partial charge on any atom is -0.322 e. The molecule has 2 aromatic heterocycles. The number of nitrogens with zero attached hydrogens (tertiary/aromatic N) is 4. The number of nitrogens with one attached hydrogen (secondary N) is 1. The molecular formula is C23H17N5OS. The van der Waals surface area contributed by atoms with Crippen LogP contribution in [0.1, 0.15) is 15.9 Å². The fourth-order valence-electron chi connectivity index (χ4n) is 3.16. The Morgan fingerprint density at radius 2 is 1.77 bits per heavy atom. The second-order valence-corrected chi connectivity index (χ2v) is 7.84. The Hall–Kier alpha value is -3.84. The quantitative estimate of drug-likeness (QED) is 0.448. The molecule has 0 aliphatic rings. The van der Waals surface area contributed by atoms with Gasteiger partial charge in [-0.05, 0) is 54.1 Å². The Balaban J connectivity index is 1.26. The predicted molar refractivity (Wildman–Crippen MR) is 119 cm³/mol. The van der Waals surface area contributed by atoms with Crippen molar-refractivity contribution in [3.8, 4) is 10.6 Å². The summed E-state index contributed by atoms with van der Waals surface area (Å²) in [5, 5.41) is 8.00. The van der Waals surface area contributed by atoms with Crippen molar-refractivity contribution in [3.63, 3.8) is 0 Å². The van der Waals surface area contributed by atoms with Crippen LogP contribution in [0.4, 0.5) is 5.69 Å². The van der Waals surface area contributed by atoms with E-state index in [1.807, 2.05) is 66.7 Å². The number of rotatable bonds is 5. The number of amides is 1. The molecule has 0 fully saturated rings. The van der Waals surface area contributed by atoms with Crippen LogP contribution in [0.5, 0.6) is 0 Å². The lowest BCUT2D eigenvalue weighted by molar-refractivity contribution is 0.102. The zero-order valence-corrected chi connectivity index (χ0v) is 16.7. The lowest BCUT2D eigenvalue weighted by Crippen LogP contribution is -2.12. The highest BCUT2D eigenvalue weighted by molar-refractivity contribution is 7.21. The minimum atomic E-state index is -0.143. The number of benzene rings is 3. The summed E-state index contributed by atoms with van der Waals surface area (Å²) in [4.78, 5) is 21.2. The van der Waals surface area contributed by atoms with E-state index in [0.29, 0.717) is 12.1 Å². The zero-order chi connectivity index (χ0) is 20.3. The molecule has 146 valence electrons. The average Bonchev–Trinajstić information content (AvgIpc) is 3.44. The Bertz CT molecular complexity index is 1260. The fourth-order valence-corrected chi connectivity index (χ4v) is 4.13. The van der Waals surface area contributed by atoms with Crippen molar-refractivity contribution in [1.82, 2.24) is 19.7 Å². The van der Waals surface area contributed by atoms with E-state index in [2.05, 4.69) is 26.4 Å². The summed E-state index contributed by atoms with van der Waals surface area (Å²) >= 11 is 1.66. The molecule has 6 nitrogen and oxygen atoms in total. The molecule has 1 N–H and O–H groups in total. The maximum Gasteiger partial charge on any atom is 0.255 e. The number of para-hydroxylation sites is 1. The van der Waals surface area contributed by atoms with Gasteiger partial charge in [-0.25, -0.2) is 14.6 Å². The van der Waals surface area contributed by atoms with Crippen LogP contribution >= 0.6 is 11.3 Å². The Morgan fingerprint density at radius 1 is 0.967 bits per heavy atom.